The van der Waals surface area contributed by atoms with Crippen molar-refractivity contribution in [2.45, 2.75) is 12.7 Å². The second kappa shape index (κ2) is 6.02. The fourth-order valence-electron chi connectivity index (χ4n) is 1.67. The standard InChI is InChI=1S/C12H8BrF3N2O2S/c13-9-3-4-21-11(9)6-17-7-1-2-10(18(19)20)8(5-7)12(14,15)16/h1-5,17H,6H2. The van der Waals surface area contributed by atoms with Crippen molar-refractivity contribution in [1.82, 2.24) is 0 Å². The topological polar surface area (TPSA) is 55.2 Å². The van der Waals surface area contributed by atoms with E-state index < -0.39 is 22.4 Å². The number of rotatable bonds is 4. The number of nitro groups is 1. The SMILES string of the molecule is O=[N+]([O-])c1ccc(NCc2sccc2Br)cc1C(F)(F)F. The maximum absolute atomic E-state index is 12.8. The quantitative estimate of drug-likeness (QED) is 0.596. The Morgan fingerprint density at radius 2 is 2.05 bits per heavy atom. The molecule has 1 N–H and O–H groups in total. The van der Waals surface area contributed by atoms with Gasteiger partial charge in [-0.05, 0) is 39.5 Å². The van der Waals surface area contributed by atoms with E-state index in [0.717, 1.165) is 21.5 Å². The van der Waals surface area contributed by atoms with Gasteiger partial charge in [-0.3, -0.25) is 10.1 Å². The number of nitrogens with one attached hydrogen (secondary N) is 1. The zero-order valence-electron chi connectivity index (χ0n) is 10.3. The van der Waals surface area contributed by atoms with Crippen molar-refractivity contribution in [1.29, 1.82) is 0 Å². The van der Waals surface area contributed by atoms with E-state index >= 15 is 0 Å². The predicted molar refractivity (Wildman–Crippen MR) is 77.4 cm³/mol. The second-order valence-corrected chi connectivity index (χ2v) is 5.89. The zero-order chi connectivity index (χ0) is 15.6. The van der Waals surface area contributed by atoms with Crippen LogP contribution in [0.25, 0.3) is 0 Å². The predicted octanol–water partition coefficient (Wildman–Crippen LogP) is 5.05. The molecular weight excluding hydrogens is 373 g/mol. The number of halogens is 4. The van der Waals surface area contributed by atoms with Crippen molar-refractivity contribution in [3.63, 3.8) is 0 Å². The van der Waals surface area contributed by atoms with Gasteiger partial charge in [-0.15, -0.1) is 11.3 Å². The van der Waals surface area contributed by atoms with Crippen molar-refractivity contribution in [2.24, 2.45) is 0 Å². The van der Waals surface area contributed by atoms with Crippen molar-refractivity contribution < 1.29 is 18.1 Å². The molecular formula is C12H8BrF3N2O2S. The largest absolute Gasteiger partial charge is 0.423 e. The molecule has 9 heteroatoms. The molecule has 0 bridgehead atoms. The summed E-state index contributed by atoms with van der Waals surface area (Å²) >= 11 is 4.76. The molecule has 0 fully saturated rings. The molecule has 1 aromatic heterocycles. The van der Waals surface area contributed by atoms with Gasteiger partial charge in [0.05, 0.1) is 11.5 Å². The van der Waals surface area contributed by atoms with Gasteiger partial charge in [-0.1, -0.05) is 0 Å². The number of alkyl halides is 3. The van der Waals surface area contributed by atoms with Crippen LogP contribution in [0.1, 0.15) is 10.4 Å². The Kier molecular flexibility index (Phi) is 4.52. The summed E-state index contributed by atoms with van der Waals surface area (Å²) < 4.78 is 39.3. The smallest absolute Gasteiger partial charge is 0.380 e. The summed E-state index contributed by atoms with van der Waals surface area (Å²) in [7, 11) is 0. The van der Waals surface area contributed by atoms with E-state index in [-0.39, 0.29) is 5.69 Å². The van der Waals surface area contributed by atoms with Crippen LogP contribution in [0.4, 0.5) is 24.5 Å². The van der Waals surface area contributed by atoms with Gasteiger partial charge in [0.2, 0.25) is 0 Å². The Labute approximate surface area is 129 Å². The highest BCUT2D eigenvalue weighted by Gasteiger charge is 2.38. The van der Waals surface area contributed by atoms with Gasteiger partial charge in [-0.2, -0.15) is 13.2 Å². The average Bonchev–Trinajstić information content (AvgIpc) is 2.80. The van der Waals surface area contributed by atoms with Gasteiger partial charge in [0, 0.05) is 21.1 Å². The Bertz CT molecular complexity index is 673. The van der Waals surface area contributed by atoms with Gasteiger partial charge >= 0.3 is 6.18 Å². The van der Waals surface area contributed by atoms with E-state index in [1.54, 1.807) is 0 Å². The molecule has 0 radical (unpaired) electrons. The fraction of sp³-hybridized carbons (Fsp3) is 0.167. The molecule has 0 amide bonds. The summed E-state index contributed by atoms with van der Waals surface area (Å²) in [6.45, 7) is 0.327. The van der Waals surface area contributed by atoms with Crippen LogP contribution >= 0.6 is 27.3 Å². The highest BCUT2D eigenvalue weighted by molar-refractivity contribution is 9.10. The normalized spacial score (nSPS) is 11.4. The first-order chi connectivity index (χ1) is 9.79. The Hall–Kier alpha value is -1.61. The summed E-state index contributed by atoms with van der Waals surface area (Å²) in [4.78, 5) is 10.5. The van der Waals surface area contributed by atoms with E-state index in [9.17, 15) is 23.3 Å². The van der Waals surface area contributed by atoms with Gasteiger partial charge in [0.25, 0.3) is 5.69 Å². The van der Waals surface area contributed by atoms with Gasteiger partial charge < -0.3 is 5.32 Å². The van der Waals surface area contributed by atoms with E-state index in [2.05, 4.69) is 21.2 Å². The lowest BCUT2D eigenvalue weighted by molar-refractivity contribution is -0.388. The second-order valence-electron chi connectivity index (χ2n) is 4.03. The van der Waals surface area contributed by atoms with Crippen LogP contribution in [0.2, 0.25) is 0 Å². The fourth-order valence-corrected chi connectivity index (χ4v) is 3.10. The maximum atomic E-state index is 12.8. The number of nitro benzene ring substituents is 1. The minimum absolute atomic E-state index is 0.174. The number of anilines is 1. The third-order valence-electron chi connectivity index (χ3n) is 2.64. The molecule has 112 valence electrons. The first kappa shape index (κ1) is 15.8. The molecule has 0 aliphatic carbocycles. The number of hydrogen-bond acceptors (Lipinski definition) is 4. The Balaban J connectivity index is 2.26. The molecule has 4 nitrogen and oxygen atoms in total. The third kappa shape index (κ3) is 3.73. The minimum atomic E-state index is -4.77. The molecule has 1 heterocycles. The number of nitrogens with zero attached hydrogens (tertiary/aromatic N) is 1. The lowest BCUT2D eigenvalue weighted by atomic mass is 10.1. The molecule has 1 aromatic carbocycles. The van der Waals surface area contributed by atoms with Crippen LogP contribution < -0.4 is 5.32 Å². The molecule has 2 aromatic rings. The van der Waals surface area contributed by atoms with Gasteiger partial charge in [0.1, 0.15) is 5.56 Å². The summed E-state index contributed by atoms with van der Waals surface area (Å²) in [6, 6.07) is 4.70. The average molecular weight is 381 g/mol. The molecule has 0 aliphatic heterocycles. The molecule has 0 unspecified atom stereocenters. The lowest BCUT2D eigenvalue weighted by Gasteiger charge is -2.11. The minimum Gasteiger partial charge on any atom is -0.380 e. The van der Waals surface area contributed by atoms with Crippen LogP contribution in [-0.4, -0.2) is 4.92 Å². The van der Waals surface area contributed by atoms with Crippen molar-refractivity contribution in [3.8, 4) is 0 Å². The van der Waals surface area contributed by atoms with Gasteiger partial charge in [-0.25, -0.2) is 0 Å². The highest BCUT2D eigenvalue weighted by atomic mass is 79.9. The molecule has 0 spiro atoms. The van der Waals surface area contributed by atoms with Crippen LogP contribution in [0.15, 0.2) is 34.1 Å². The monoisotopic (exact) mass is 380 g/mol. The first-order valence-corrected chi connectivity index (χ1v) is 7.27. The van der Waals surface area contributed by atoms with Crippen molar-refractivity contribution >= 4 is 38.6 Å². The van der Waals surface area contributed by atoms with E-state index in [4.69, 9.17) is 0 Å². The Morgan fingerprint density at radius 1 is 1.33 bits per heavy atom. The van der Waals surface area contributed by atoms with Crippen LogP contribution in [-0.2, 0) is 12.7 Å². The Morgan fingerprint density at radius 3 is 2.57 bits per heavy atom. The summed E-state index contributed by atoms with van der Waals surface area (Å²) in [6.07, 6.45) is -4.77. The van der Waals surface area contributed by atoms with Gasteiger partial charge in [0.15, 0.2) is 0 Å². The van der Waals surface area contributed by atoms with Crippen molar-refractivity contribution in [2.75, 3.05) is 5.32 Å². The molecule has 0 saturated carbocycles. The first-order valence-electron chi connectivity index (χ1n) is 5.60. The molecule has 2 rings (SSSR count). The molecule has 0 saturated heterocycles. The zero-order valence-corrected chi connectivity index (χ0v) is 12.7. The third-order valence-corrected chi connectivity index (χ3v) is 4.57. The van der Waals surface area contributed by atoms with Crippen LogP contribution in [0, 0.1) is 10.1 Å². The summed E-state index contributed by atoms with van der Waals surface area (Å²) in [5, 5.41) is 15.3. The number of benzene rings is 1. The molecule has 21 heavy (non-hydrogen) atoms. The summed E-state index contributed by atoms with van der Waals surface area (Å²) in [5.41, 5.74) is -2.04. The van der Waals surface area contributed by atoms with E-state index in [1.807, 2.05) is 11.4 Å². The van der Waals surface area contributed by atoms with Crippen molar-refractivity contribution in [3.05, 3.63) is 54.7 Å². The summed E-state index contributed by atoms with van der Waals surface area (Å²) in [5.74, 6) is 0. The number of thiophene rings is 1. The van der Waals surface area contributed by atoms with Crippen LogP contribution in [0.5, 0.6) is 0 Å². The maximum Gasteiger partial charge on any atom is 0.423 e. The lowest BCUT2D eigenvalue weighted by Crippen LogP contribution is -2.10. The van der Waals surface area contributed by atoms with E-state index in [0.29, 0.717) is 6.54 Å². The molecule has 0 atom stereocenters. The molecule has 0 aliphatic rings. The number of hydrogen-bond donors (Lipinski definition) is 1. The highest BCUT2D eigenvalue weighted by Crippen LogP contribution is 2.37. The van der Waals surface area contributed by atoms with Crippen LogP contribution in [0.3, 0.4) is 0 Å². The van der Waals surface area contributed by atoms with E-state index in [1.165, 1.54) is 17.4 Å².